The highest BCUT2D eigenvalue weighted by atomic mass is 35.5. The van der Waals surface area contributed by atoms with Crippen LogP contribution in [0.15, 0.2) is 12.1 Å². The molecule has 1 rings (SSSR count). The molecule has 0 aliphatic heterocycles. The fourth-order valence-corrected chi connectivity index (χ4v) is 5.01. The first-order valence-electron chi connectivity index (χ1n) is 15.3. The first-order chi connectivity index (χ1) is 18.5. The van der Waals surface area contributed by atoms with Crippen LogP contribution in [-0.4, -0.2) is 25.2 Å². The fourth-order valence-electron chi connectivity index (χ4n) is 4.52. The van der Waals surface area contributed by atoms with Crippen molar-refractivity contribution in [2.24, 2.45) is 0 Å². The van der Waals surface area contributed by atoms with E-state index in [1.54, 1.807) is 0 Å². The summed E-state index contributed by atoms with van der Waals surface area (Å²) in [6.45, 7) is 5.18. The SMILES string of the molecule is CCCCCCCCCCCCOC(=O)c1cc(Cl)c(C(=O)OCCCCCCCCCCCC)cc1Cl. The van der Waals surface area contributed by atoms with Crippen LogP contribution in [-0.2, 0) is 9.47 Å². The van der Waals surface area contributed by atoms with Gasteiger partial charge in [0.05, 0.1) is 34.4 Å². The summed E-state index contributed by atoms with van der Waals surface area (Å²) in [5, 5.41) is 0.293. The number of esters is 2. The van der Waals surface area contributed by atoms with Crippen molar-refractivity contribution in [3.8, 4) is 0 Å². The molecule has 0 aliphatic carbocycles. The third kappa shape index (κ3) is 16.6. The van der Waals surface area contributed by atoms with E-state index in [1.165, 1.54) is 102 Å². The van der Waals surface area contributed by atoms with Crippen LogP contribution in [0.25, 0.3) is 0 Å². The number of halogens is 2. The quantitative estimate of drug-likeness (QED) is 0.0915. The molecule has 38 heavy (non-hydrogen) atoms. The number of rotatable bonds is 24. The van der Waals surface area contributed by atoms with E-state index in [2.05, 4.69) is 13.8 Å². The van der Waals surface area contributed by atoms with Crippen LogP contribution >= 0.6 is 23.2 Å². The number of carbonyl (C=O) groups excluding carboxylic acids is 2. The van der Waals surface area contributed by atoms with Crippen LogP contribution in [0.5, 0.6) is 0 Å². The molecule has 0 heterocycles. The van der Waals surface area contributed by atoms with Crippen molar-refractivity contribution >= 4 is 35.1 Å². The Bertz CT molecular complexity index is 702. The molecule has 0 saturated heterocycles. The molecule has 4 nitrogen and oxygen atoms in total. The van der Waals surface area contributed by atoms with E-state index in [4.69, 9.17) is 32.7 Å². The minimum absolute atomic E-state index is 0.147. The first kappa shape index (κ1) is 34.8. The Kier molecular flexibility index (Phi) is 21.6. The summed E-state index contributed by atoms with van der Waals surface area (Å²) in [6.07, 6.45) is 24.4. The van der Waals surface area contributed by atoms with Gasteiger partial charge in [0.25, 0.3) is 0 Å². The Morgan fingerprint density at radius 1 is 0.500 bits per heavy atom. The Balaban J connectivity index is 2.22. The number of ether oxygens (including phenoxy) is 2. The Labute approximate surface area is 242 Å². The van der Waals surface area contributed by atoms with Gasteiger partial charge in [-0.1, -0.05) is 153 Å². The molecule has 1 aromatic carbocycles. The molecule has 0 radical (unpaired) electrons. The number of benzene rings is 1. The molecule has 0 aliphatic rings. The lowest BCUT2D eigenvalue weighted by Gasteiger charge is -2.10. The summed E-state index contributed by atoms with van der Waals surface area (Å²) in [5.74, 6) is -1.03. The second-order valence-electron chi connectivity index (χ2n) is 10.4. The maximum absolute atomic E-state index is 12.5. The molecule has 0 spiro atoms. The van der Waals surface area contributed by atoms with Crippen LogP contribution in [0.1, 0.15) is 163 Å². The van der Waals surface area contributed by atoms with E-state index < -0.39 is 11.9 Å². The van der Waals surface area contributed by atoms with Gasteiger partial charge >= 0.3 is 11.9 Å². The third-order valence-electron chi connectivity index (χ3n) is 6.96. The van der Waals surface area contributed by atoms with Crippen molar-refractivity contribution in [2.75, 3.05) is 13.2 Å². The third-order valence-corrected chi connectivity index (χ3v) is 7.58. The Hall–Kier alpha value is -1.26. The highest BCUT2D eigenvalue weighted by Crippen LogP contribution is 2.27. The van der Waals surface area contributed by atoms with Crippen molar-refractivity contribution in [1.29, 1.82) is 0 Å². The lowest BCUT2D eigenvalue weighted by Crippen LogP contribution is -2.11. The standard InChI is InChI=1S/C32H52Cl2O4/c1-3-5-7-9-11-13-15-17-19-21-23-37-31(35)27-25-30(34)28(26-29(27)33)32(36)38-24-22-20-18-16-14-12-10-8-6-4-2/h25-26H,3-24H2,1-2H3. The molecule has 0 N–H and O–H groups in total. The molecule has 218 valence electrons. The van der Waals surface area contributed by atoms with Gasteiger partial charge in [-0.25, -0.2) is 9.59 Å². The average Bonchev–Trinajstić information content (AvgIpc) is 2.91. The van der Waals surface area contributed by atoms with Gasteiger partial charge in [-0.05, 0) is 25.0 Å². The van der Waals surface area contributed by atoms with Gasteiger partial charge < -0.3 is 9.47 Å². The average molecular weight is 572 g/mol. The van der Waals surface area contributed by atoms with E-state index in [1.807, 2.05) is 0 Å². The minimum Gasteiger partial charge on any atom is -0.462 e. The monoisotopic (exact) mass is 570 g/mol. The van der Waals surface area contributed by atoms with E-state index in [0.717, 1.165) is 38.5 Å². The van der Waals surface area contributed by atoms with E-state index in [0.29, 0.717) is 13.2 Å². The summed E-state index contributed by atoms with van der Waals surface area (Å²) in [6, 6.07) is 2.81. The molecule has 1 aromatic rings. The van der Waals surface area contributed by atoms with Crippen molar-refractivity contribution < 1.29 is 19.1 Å². The zero-order valence-electron chi connectivity index (χ0n) is 24.1. The molecule has 0 amide bonds. The van der Waals surface area contributed by atoms with Crippen molar-refractivity contribution in [1.82, 2.24) is 0 Å². The summed E-state index contributed by atoms with van der Waals surface area (Å²) in [5.41, 5.74) is 0.352. The highest BCUT2D eigenvalue weighted by molar-refractivity contribution is 6.37. The summed E-state index contributed by atoms with van der Waals surface area (Å²) >= 11 is 12.6. The maximum Gasteiger partial charge on any atom is 0.339 e. The number of unbranched alkanes of at least 4 members (excludes halogenated alkanes) is 18. The molecule has 0 saturated carbocycles. The molecule has 0 atom stereocenters. The lowest BCUT2D eigenvalue weighted by atomic mass is 10.1. The molecule has 0 bridgehead atoms. The number of carbonyl (C=O) groups is 2. The Morgan fingerprint density at radius 3 is 1.05 bits per heavy atom. The zero-order valence-corrected chi connectivity index (χ0v) is 25.6. The largest absolute Gasteiger partial charge is 0.462 e. The second-order valence-corrected chi connectivity index (χ2v) is 11.3. The van der Waals surface area contributed by atoms with Gasteiger partial charge in [-0.3, -0.25) is 0 Å². The van der Waals surface area contributed by atoms with Gasteiger partial charge in [0.1, 0.15) is 0 Å². The summed E-state index contributed by atoms with van der Waals surface area (Å²) in [4.78, 5) is 24.9. The highest BCUT2D eigenvalue weighted by Gasteiger charge is 2.19. The Morgan fingerprint density at radius 2 is 0.763 bits per heavy atom. The molecular weight excluding hydrogens is 519 g/mol. The first-order valence-corrected chi connectivity index (χ1v) is 16.1. The summed E-state index contributed by atoms with van der Waals surface area (Å²) in [7, 11) is 0. The van der Waals surface area contributed by atoms with Crippen LogP contribution in [0.2, 0.25) is 10.0 Å². The van der Waals surface area contributed by atoms with Crippen LogP contribution < -0.4 is 0 Å². The molecular formula is C32H52Cl2O4. The van der Waals surface area contributed by atoms with Gasteiger partial charge in [-0.15, -0.1) is 0 Å². The fraction of sp³-hybridized carbons (Fsp3) is 0.750. The number of hydrogen-bond donors (Lipinski definition) is 0. The topological polar surface area (TPSA) is 52.6 Å². The van der Waals surface area contributed by atoms with Crippen molar-refractivity contribution in [2.45, 2.75) is 142 Å². The van der Waals surface area contributed by atoms with E-state index in [9.17, 15) is 9.59 Å². The van der Waals surface area contributed by atoms with Crippen LogP contribution in [0.3, 0.4) is 0 Å². The van der Waals surface area contributed by atoms with Crippen LogP contribution in [0, 0.1) is 0 Å². The van der Waals surface area contributed by atoms with Gasteiger partial charge in [0.15, 0.2) is 0 Å². The lowest BCUT2D eigenvalue weighted by molar-refractivity contribution is 0.0483. The van der Waals surface area contributed by atoms with Crippen molar-refractivity contribution in [3.63, 3.8) is 0 Å². The predicted molar refractivity (Wildman–Crippen MR) is 161 cm³/mol. The molecule has 0 fully saturated rings. The van der Waals surface area contributed by atoms with Crippen LogP contribution in [0.4, 0.5) is 0 Å². The molecule has 6 heteroatoms. The van der Waals surface area contributed by atoms with Crippen molar-refractivity contribution in [3.05, 3.63) is 33.3 Å². The summed E-state index contributed by atoms with van der Waals surface area (Å²) < 4.78 is 10.8. The van der Waals surface area contributed by atoms with E-state index >= 15 is 0 Å². The van der Waals surface area contributed by atoms with Gasteiger partial charge in [-0.2, -0.15) is 0 Å². The van der Waals surface area contributed by atoms with Gasteiger partial charge in [0.2, 0.25) is 0 Å². The predicted octanol–water partition coefficient (Wildman–Crippen LogP) is 11.1. The minimum atomic E-state index is -0.516. The van der Waals surface area contributed by atoms with E-state index in [-0.39, 0.29) is 21.2 Å². The molecule has 0 aromatic heterocycles. The molecule has 0 unspecified atom stereocenters. The number of hydrogen-bond acceptors (Lipinski definition) is 4. The maximum atomic E-state index is 12.5. The smallest absolute Gasteiger partial charge is 0.339 e. The second kappa shape index (κ2) is 23.6. The van der Waals surface area contributed by atoms with Gasteiger partial charge in [0, 0.05) is 0 Å². The zero-order chi connectivity index (χ0) is 27.8. The normalized spacial score (nSPS) is 11.1.